The minimum atomic E-state index is -3.33. The third-order valence-electron chi connectivity index (χ3n) is 6.07. The van der Waals surface area contributed by atoms with E-state index in [0.29, 0.717) is 37.1 Å². The summed E-state index contributed by atoms with van der Waals surface area (Å²) < 4.78 is 29.7. The molecule has 3 saturated heterocycles. The molecule has 0 bridgehead atoms. The molecule has 1 spiro atoms. The van der Waals surface area contributed by atoms with Crippen molar-refractivity contribution in [1.29, 1.82) is 0 Å². The lowest BCUT2D eigenvalue weighted by atomic mass is 9.82. The molecule has 3 aliphatic rings. The Morgan fingerprint density at radius 2 is 2.00 bits per heavy atom. The largest absolute Gasteiger partial charge is 0.384 e. The fraction of sp³-hybridized carbons (Fsp3) is 0.706. The lowest BCUT2D eigenvalue weighted by Gasteiger charge is -2.50. The Morgan fingerprint density at radius 1 is 1.30 bits per heavy atom. The maximum Gasteiger partial charge on any atom is 0.224 e. The average molecular weight is 395 g/mol. The fourth-order valence-corrected chi connectivity index (χ4v) is 6.77. The van der Waals surface area contributed by atoms with E-state index in [0.717, 1.165) is 12.8 Å². The van der Waals surface area contributed by atoms with Crippen LogP contribution in [-0.4, -0.2) is 68.1 Å². The first-order valence-electron chi connectivity index (χ1n) is 9.27. The molecule has 0 saturated carbocycles. The fourth-order valence-electron chi connectivity index (χ4n) is 4.45. The molecular weight excluding hydrogens is 370 g/mol. The summed E-state index contributed by atoms with van der Waals surface area (Å²) in [5.74, 6) is 1.22. The molecule has 4 rings (SSSR count). The minimum absolute atomic E-state index is 0.0537. The topological polar surface area (TPSA) is 128 Å². The van der Waals surface area contributed by atoms with Crippen molar-refractivity contribution < 1.29 is 17.9 Å². The number of aromatic nitrogens is 2. The second-order valence-corrected chi connectivity index (χ2v) is 10.0. The molecule has 9 nitrogen and oxygen atoms in total. The van der Waals surface area contributed by atoms with Gasteiger partial charge in [0.05, 0.1) is 11.7 Å². The molecule has 3 fully saturated rings. The van der Waals surface area contributed by atoms with E-state index in [2.05, 4.69) is 15.3 Å². The molecule has 0 radical (unpaired) electrons. The van der Waals surface area contributed by atoms with Crippen molar-refractivity contribution in [3.8, 4) is 0 Å². The van der Waals surface area contributed by atoms with Gasteiger partial charge in [-0.3, -0.25) is 4.79 Å². The van der Waals surface area contributed by atoms with E-state index < -0.39 is 20.5 Å². The molecule has 0 aliphatic carbocycles. The minimum Gasteiger partial charge on any atom is -0.384 e. The Bertz CT molecular complexity index is 847. The Morgan fingerprint density at radius 3 is 2.67 bits per heavy atom. The summed E-state index contributed by atoms with van der Waals surface area (Å²) in [6.07, 6.45) is 2.06. The smallest absolute Gasteiger partial charge is 0.224 e. The summed E-state index contributed by atoms with van der Waals surface area (Å²) in [4.78, 5) is 23.1. The first-order chi connectivity index (χ1) is 12.9. The molecule has 148 valence electrons. The number of ether oxygens (including phenoxy) is 1. The number of nitrogens with two attached hydrogens (primary N) is 1. The summed E-state index contributed by atoms with van der Waals surface area (Å²) >= 11 is 0. The van der Waals surface area contributed by atoms with Crippen molar-refractivity contribution >= 4 is 27.4 Å². The highest BCUT2D eigenvalue weighted by Gasteiger charge is 2.64. The van der Waals surface area contributed by atoms with Crippen LogP contribution in [0.5, 0.6) is 0 Å². The second-order valence-electron chi connectivity index (χ2n) is 7.59. The van der Waals surface area contributed by atoms with Crippen LogP contribution in [0.3, 0.4) is 0 Å². The predicted molar refractivity (Wildman–Crippen MR) is 100 cm³/mol. The lowest BCUT2D eigenvalue weighted by Crippen LogP contribution is -2.69. The molecule has 3 aliphatic heterocycles. The second kappa shape index (κ2) is 6.59. The number of carbonyl (C=O) groups is 1. The van der Waals surface area contributed by atoms with Crippen LogP contribution in [0, 0.1) is 5.92 Å². The van der Waals surface area contributed by atoms with Crippen LogP contribution in [0.1, 0.15) is 31.0 Å². The van der Waals surface area contributed by atoms with Crippen LogP contribution in [0.4, 0.5) is 11.6 Å². The molecule has 3 N–H and O–H groups in total. The van der Waals surface area contributed by atoms with E-state index in [1.807, 2.05) is 4.90 Å². The highest BCUT2D eigenvalue weighted by Crippen LogP contribution is 2.46. The maximum absolute atomic E-state index is 12.7. The number of nitrogens with one attached hydrogen (secondary N) is 1. The summed E-state index contributed by atoms with van der Waals surface area (Å²) in [7, 11) is -1.79. The third-order valence-corrected chi connectivity index (χ3v) is 8.62. The summed E-state index contributed by atoms with van der Waals surface area (Å²) in [6.45, 7) is 1.88. The Balaban J connectivity index is 1.58. The third kappa shape index (κ3) is 2.94. The van der Waals surface area contributed by atoms with E-state index in [1.54, 1.807) is 13.1 Å². The highest BCUT2D eigenvalue weighted by molar-refractivity contribution is 7.93. The van der Waals surface area contributed by atoms with Gasteiger partial charge in [0.1, 0.15) is 22.2 Å². The van der Waals surface area contributed by atoms with Crippen LogP contribution >= 0.6 is 0 Å². The number of hydrogen-bond donors (Lipinski definition) is 2. The molecule has 1 atom stereocenters. The van der Waals surface area contributed by atoms with Crippen LogP contribution in [0.25, 0.3) is 0 Å². The zero-order chi connectivity index (χ0) is 19.2. The molecule has 1 amide bonds. The standard InChI is InChI=1S/C17H25N5O4S/c1-19-16(23)12-4-7-27(24,25)17(12)9-22(10-17)14-8-13(18)20-15(21-14)11-2-5-26-6-3-11/h8,11-12H,2-7,9-10H2,1H3,(H,19,23)(H2,18,20,21). The number of sulfone groups is 1. The van der Waals surface area contributed by atoms with E-state index in [9.17, 15) is 13.2 Å². The van der Waals surface area contributed by atoms with Gasteiger partial charge >= 0.3 is 0 Å². The van der Waals surface area contributed by atoms with Gasteiger partial charge in [-0.05, 0) is 19.3 Å². The van der Waals surface area contributed by atoms with Crippen LogP contribution in [0.2, 0.25) is 0 Å². The molecule has 27 heavy (non-hydrogen) atoms. The van der Waals surface area contributed by atoms with Crippen molar-refractivity contribution in [3.63, 3.8) is 0 Å². The van der Waals surface area contributed by atoms with Crippen LogP contribution in [0.15, 0.2) is 6.07 Å². The highest BCUT2D eigenvalue weighted by atomic mass is 32.2. The van der Waals surface area contributed by atoms with E-state index in [1.165, 1.54) is 0 Å². The van der Waals surface area contributed by atoms with E-state index >= 15 is 0 Å². The first-order valence-corrected chi connectivity index (χ1v) is 10.9. The lowest BCUT2D eigenvalue weighted by molar-refractivity contribution is -0.125. The first kappa shape index (κ1) is 18.4. The van der Waals surface area contributed by atoms with Gasteiger partial charge in [0.2, 0.25) is 5.91 Å². The quantitative estimate of drug-likeness (QED) is 0.714. The number of hydrogen-bond acceptors (Lipinski definition) is 8. The van der Waals surface area contributed by atoms with Crippen LogP contribution in [-0.2, 0) is 19.4 Å². The number of nitrogens with zero attached hydrogens (tertiary/aromatic N) is 3. The predicted octanol–water partition coefficient (Wildman–Crippen LogP) is -0.308. The summed E-state index contributed by atoms with van der Waals surface area (Å²) in [5.41, 5.74) is 5.99. The van der Waals surface area contributed by atoms with Gasteiger partial charge in [-0.15, -0.1) is 0 Å². The van der Waals surface area contributed by atoms with Crippen molar-refractivity contribution in [2.24, 2.45) is 5.92 Å². The van der Waals surface area contributed by atoms with Gasteiger partial charge in [-0.25, -0.2) is 18.4 Å². The molecule has 0 aromatic carbocycles. The monoisotopic (exact) mass is 395 g/mol. The molecule has 1 unspecified atom stereocenters. The van der Waals surface area contributed by atoms with Crippen molar-refractivity contribution in [3.05, 3.63) is 11.9 Å². The van der Waals surface area contributed by atoms with Gasteiger partial charge < -0.3 is 20.7 Å². The Hall–Kier alpha value is -1.94. The number of rotatable bonds is 3. The normalized spacial score (nSPS) is 26.7. The van der Waals surface area contributed by atoms with Gasteiger partial charge in [0.25, 0.3) is 0 Å². The number of carbonyl (C=O) groups excluding carboxylic acids is 1. The molecule has 1 aromatic rings. The zero-order valence-electron chi connectivity index (χ0n) is 15.3. The van der Waals surface area contributed by atoms with Gasteiger partial charge in [-0.2, -0.15) is 0 Å². The summed E-state index contributed by atoms with van der Waals surface area (Å²) in [6, 6.07) is 1.67. The molecule has 10 heteroatoms. The van der Waals surface area contributed by atoms with Crippen molar-refractivity contribution in [1.82, 2.24) is 15.3 Å². The SMILES string of the molecule is CNC(=O)C1CCS(=O)(=O)C12CN(c1cc(N)nc(C3CCOCC3)n1)C2. The van der Waals surface area contributed by atoms with Gasteiger partial charge in [0.15, 0.2) is 9.84 Å². The molecular formula is C17H25N5O4S. The van der Waals surface area contributed by atoms with E-state index in [4.69, 9.17) is 10.5 Å². The van der Waals surface area contributed by atoms with Crippen molar-refractivity contribution in [2.45, 2.75) is 29.9 Å². The number of nitrogen functional groups attached to an aromatic ring is 1. The molecule has 4 heterocycles. The van der Waals surface area contributed by atoms with Crippen LogP contribution < -0.4 is 16.0 Å². The maximum atomic E-state index is 12.7. The van der Waals surface area contributed by atoms with Crippen molar-refractivity contribution in [2.75, 3.05) is 49.7 Å². The molecule has 1 aromatic heterocycles. The average Bonchev–Trinajstić information content (AvgIpc) is 2.91. The zero-order valence-corrected chi connectivity index (χ0v) is 16.2. The summed E-state index contributed by atoms with van der Waals surface area (Å²) in [5, 5.41) is 2.60. The van der Waals surface area contributed by atoms with E-state index in [-0.39, 0.29) is 30.7 Å². The number of anilines is 2. The Labute approximate surface area is 158 Å². The van der Waals surface area contributed by atoms with Gasteiger partial charge in [-0.1, -0.05) is 0 Å². The number of amides is 1. The Kier molecular flexibility index (Phi) is 4.50. The van der Waals surface area contributed by atoms with Gasteiger partial charge in [0, 0.05) is 45.3 Å².